The highest BCUT2D eigenvalue weighted by Crippen LogP contribution is 2.33. The van der Waals surface area contributed by atoms with E-state index in [0.29, 0.717) is 11.1 Å². The van der Waals surface area contributed by atoms with Crippen LogP contribution in [-0.2, 0) is 0 Å². The summed E-state index contributed by atoms with van der Waals surface area (Å²) in [5.74, 6) is 0.540. The zero-order chi connectivity index (χ0) is 13.8. The van der Waals surface area contributed by atoms with E-state index in [1.807, 2.05) is 11.8 Å². The zero-order valence-corrected chi connectivity index (χ0v) is 11.7. The molecule has 2 unspecified atom stereocenters. The lowest BCUT2D eigenvalue weighted by Crippen LogP contribution is -2.18. The number of rotatable bonds is 5. The van der Waals surface area contributed by atoms with E-state index in [4.69, 9.17) is 0 Å². The normalized spacial score (nSPS) is 22.2. The van der Waals surface area contributed by atoms with Crippen LogP contribution in [0.1, 0.15) is 19.3 Å². The van der Waals surface area contributed by atoms with E-state index in [9.17, 15) is 10.1 Å². The Morgan fingerprint density at radius 3 is 2.74 bits per heavy atom. The Balaban J connectivity index is 2.18. The van der Waals surface area contributed by atoms with E-state index in [-0.39, 0.29) is 17.5 Å². The third-order valence-corrected chi connectivity index (χ3v) is 4.40. The molecule has 1 aromatic rings. The molecule has 19 heavy (non-hydrogen) atoms. The first-order valence-corrected chi connectivity index (χ1v) is 7.41. The number of nitrogens with zero attached hydrogens (tertiary/aromatic N) is 3. The maximum atomic E-state index is 11.1. The minimum Gasteiger partial charge on any atom is -0.367 e. The quantitative estimate of drug-likeness (QED) is 0.631. The topological polar surface area (TPSA) is 93.0 Å². The highest BCUT2D eigenvalue weighted by atomic mass is 32.2. The molecular formula is C11H17N5O2S. The zero-order valence-electron chi connectivity index (χ0n) is 10.9. The fourth-order valence-electron chi connectivity index (χ4n) is 2.32. The van der Waals surface area contributed by atoms with Gasteiger partial charge in [0.1, 0.15) is 6.33 Å². The molecule has 104 valence electrons. The fraction of sp³-hybridized carbons (Fsp3) is 0.636. The van der Waals surface area contributed by atoms with Crippen LogP contribution in [0, 0.1) is 10.1 Å². The van der Waals surface area contributed by atoms with E-state index in [2.05, 4.69) is 26.9 Å². The molecule has 0 saturated heterocycles. The van der Waals surface area contributed by atoms with Crippen LogP contribution < -0.4 is 10.6 Å². The SMILES string of the molecule is CNc1ncnc(NC2CCC(SC)C2)c1[N+](=O)[O-]. The summed E-state index contributed by atoms with van der Waals surface area (Å²) in [7, 11) is 1.61. The minimum atomic E-state index is -0.449. The van der Waals surface area contributed by atoms with Crippen LogP contribution in [0.2, 0.25) is 0 Å². The first kappa shape index (κ1) is 13.9. The third kappa shape index (κ3) is 3.06. The van der Waals surface area contributed by atoms with Gasteiger partial charge in [0.2, 0.25) is 11.6 Å². The first-order chi connectivity index (χ1) is 9.15. The Kier molecular flexibility index (Phi) is 4.41. The molecule has 8 heteroatoms. The maximum Gasteiger partial charge on any atom is 0.353 e. The van der Waals surface area contributed by atoms with Crippen molar-refractivity contribution in [2.75, 3.05) is 23.9 Å². The molecule has 0 aromatic carbocycles. The van der Waals surface area contributed by atoms with Gasteiger partial charge in [0, 0.05) is 18.3 Å². The van der Waals surface area contributed by atoms with Gasteiger partial charge in [0.15, 0.2) is 0 Å². The Labute approximate surface area is 115 Å². The molecule has 1 aliphatic rings. The number of anilines is 2. The lowest BCUT2D eigenvalue weighted by atomic mass is 10.2. The Morgan fingerprint density at radius 2 is 2.16 bits per heavy atom. The smallest absolute Gasteiger partial charge is 0.353 e. The van der Waals surface area contributed by atoms with Crippen molar-refractivity contribution in [2.45, 2.75) is 30.6 Å². The van der Waals surface area contributed by atoms with E-state index < -0.39 is 4.92 Å². The summed E-state index contributed by atoms with van der Waals surface area (Å²) in [5, 5.41) is 17.7. The predicted octanol–water partition coefficient (Wildman–Crippen LogP) is 2.12. The fourth-order valence-corrected chi connectivity index (χ4v) is 3.12. The Morgan fingerprint density at radius 1 is 1.42 bits per heavy atom. The summed E-state index contributed by atoms with van der Waals surface area (Å²) in [5.41, 5.74) is -0.0856. The van der Waals surface area contributed by atoms with Gasteiger partial charge < -0.3 is 10.6 Å². The maximum absolute atomic E-state index is 11.1. The summed E-state index contributed by atoms with van der Waals surface area (Å²) < 4.78 is 0. The summed E-state index contributed by atoms with van der Waals surface area (Å²) >= 11 is 1.85. The monoisotopic (exact) mass is 283 g/mol. The number of aromatic nitrogens is 2. The van der Waals surface area contributed by atoms with Gasteiger partial charge in [0.25, 0.3) is 0 Å². The van der Waals surface area contributed by atoms with E-state index in [1.54, 1.807) is 7.05 Å². The van der Waals surface area contributed by atoms with Crippen molar-refractivity contribution < 1.29 is 4.92 Å². The van der Waals surface area contributed by atoms with Gasteiger partial charge in [0.05, 0.1) is 4.92 Å². The second-order valence-electron chi connectivity index (χ2n) is 4.44. The first-order valence-electron chi connectivity index (χ1n) is 6.12. The Hall–Kier alpha value is -1.57. The van der Waals surface area contributed by atoms with Crippen molar-refractivity contribution in [1.82, 2.24) is 9.97 Å². The molecule has 7 nitrogen and oxygen atoms in total. The molecule has 0 bridgehead atoms. The molecule has 1 heterocycles. The highest BCUT2D eigenvalue weighted by Gasteiger charge is 2.28. The average Bonchev–Trinajstić information content (AvgIpc) is 2.85. The van der Waals surface area contributed by atoms with Crippen LogP contribution in [0.15, 0.2) is 6.33 Å². The third-order valence-electron chi connectivity index (χ3n) is 3.30. The van der Waals surface area contributed by atoms with Gasteiger partial charge in [-0.15, -0.1) is 0 Å². The standard InChI is InChI=1S/C11H17N5O2S/c1-12-10-9(16(17)18)11(14-6-13-10)15-7-3-4-8(5-7)19-2/h6-8H,3-5H2,1-2H3,(H2,12,13,14,15). The predicted molar refractivity (Wildman–Crippen MR) is 76.8 cm³/mol. The van der Waals surface area contributed by atoms with Crippen molar-refractivity contribution in [3.8, 4) is 0 Å². The van der Waals surface area contributed by atoms with Crippen LogP contribution in [0.3, 0.4) is 0 Å². The molecule has 2 atom stereocenters. The second-order valence-corrected chi connectivity index (χ2v) is 5.58. The van der Waals surface area contributed by atoms with Crippen LogP contribution in [0.5, 0.6) is 0 Å². The largest absolute Gasteiger partial charge is 0.367 e. The summed E-state index contributed by atoms with van der Waals surface area (Å²) in [4.78, 5) is 18.6. The number of hydrogen-bond donors (Lipinski definition) is 2. The molecule has 1 aliphatic carbocycles. The van der Waals surface area contributed by atoms with Crippen molar-refractivity contribution in [2.24, 2.45) is 0 Å². The lowest BCUT2D eigenvalue weighted by Gasteiger charge is -2.14. The molecular weight excluding hydrogens is 266 g/mol. The molecule has 2 rings (SSSR count). The number of nitro groups is 1. The second kappa shape index (κ2) is 6.05. The van der Waals surface area contributed by atoms with Crippen LogP contribution in [-0.4, -0.2) is 39.5 Å². The molecule has 1 fully saturated rings. The molecule has 0 spiro atoms. The van der Waals surface area contributed by atoms with Crippen LogP contribution in [0.4, 0.5) is 17.3 Å². The van der Waals surface area contributed by atoms with Crippen LogP contribution >= 0.6 is 11.8 Å². The summed E-state index contributed by atoms with van der Waals surface area (Å²) in [6, 6.07) is 0.246. The molecule has 2 N–H and O–H groups in total. The average molecular weight is 283 g/mol. The van der Waals surface area contributed by atoms with Gasteiger partial charge in [-0.05, 0) is 25.5 Å². The molecule has 1 aromatic heterocycles. The summed E-state index contributed by atoms with van der Waals surface area (Å²) in [6.45, 7) is 0. The minimum absolute atomic E-state index is 0.0856. The molecule has 1 saturated carbocycles. The molecule has 0 radical (unpaired) electrons. The number of thioether (sulfide) groups is 1. The Bertz CT molecular complexity index is 470. The van der Waals surface area contributed by atoms with E-state index >= 15 is 0 Å². The van der Waals surface area contributed by atoms with E-state index in [1.165, 1.54) is 6.33 Å². The van der Waals surface area contributed by atoms with E-state index in [0.717, 1.165) is 19.3 Å². The van der Waals surface area contributed by atoms with Crippen LogP contribution in [0.25, 0.3) is 0 Å². The number of nitrogens with one attached hydrogen (secondary N) is 2. The van der Waals surface area contributed by atoms with Gasteiger partial charge in [-0.25, -0.2) is 9.97 Å². The highest BCUT2D eigenvalue weighted by molar-refractivity contribution is 7.99. The van der Waals surface area contributed by atoms with Gasteiger partial charge >= 0.3 is 5.69 Å². The van der Waals surface area contributed by atoms with Crippen molar-refractivity contribution in [1.29, 1.82) is 0 Å². The van der Waals surface area contributed by atoms with Gasteiger partial charge in [-0.3, -0.25) is 10.1 Å². The molecule has 0 aliphatic heterocycles. The van der Waals surface area contributed by atoms with Gasteiger partial charge in [-0.2, -0.15) is 11.8 Å². The lowest BCUT2D eigenvalue weighted by molar-refractivity contribution is -0.383. The van der Waals surface area contributed by atoms with Crippen molar-refractivity contribution in [3.63, 3.8) is 0 Å². The van der Waals surface area contributed by atoms with Crippen molar-refractivity contribution >= 4 is 29.1 Å². The summed E-state index contributed by atoms with van der Waals surface area (Å²) in [6.07, 6.45) is 6.59. The van der Waals surface area contributed by atoms with Crippen molar-refractivity contribution in [3.05, 3.63) is 16.4 Å². The van der Waals surface area contributed by atoms with Gasteiger partial charge in [-0.1, -0.05) is 0 Å². The molecule has 0 amide bonds. The number of hydrogen-bond acceptors (Lipinski definition) is 7.